The van der Waals surface area contributed by atoms with Crippen LogP contribution >= 0.6 is 0 Å². The summed E-state index contributed by atoms with van der Waals surface area (Å²) in [6, 6.07) is 31.8. The van der Waals surface area contributed by atoms with Crippen molar-refractivity contribution < 1.29 is 68.4 Å². The molecule has 92 heavy (non-hydrogen) atoms. The molecular formula is C62H65N9O18S3. The summed E-state index contributed by atoms with van der Waals surface area (Å²) in [7, 11) is -10.0. The smallest absolute Gasteiger partial charge is 0.281 e. The van der Waals surface area contributed by atoms with E-state index in [9.17, 15) is 68.6 Å². The first-order chi connectivity index (χ1) is 43.5. The molecule has 27 nitrogen and oxygen atoms in total. The van der Waals surface area contributed by atoms with E-state index in [1.807, 2.05) is 48.5 Å². The van der Waals surface area contributed by atoms with Crippen molar-refractivity contribution in [2.45, 2.75) is 90.3 Å². The fourth-order valence-electron chi connectivity index (χ4n) is 10.8. The molecule has 0 aliphatic rings. The zero-order chi connectivity index (χ0) is 67.3. The van der Waals surface area contributed by atoms with Crippen molar-refractivity contribution in [1.29, 1.82) is 0 Å². The number of ether oxygens (including phenoxy) is 3. The van der Waals surface area contributed by atoms with Gasteiger partial charge in [0.25, 0.3) is 47.0 Å². The van der Waals surface area contributed by atoms with Crippen LogP contribution in [0.15, 0.2) is 154 Å². The molecule has 3 aromatic heterocycles. The van der Waals surface area contributed by atoms with Crippen LogP contribution in [0.25, 0.3) is 0 Å². The molecule has 2 atom stereocenters. The fourth-order valence-corrected chi connectivity index (χ4v) is 12.9. The number of nitrogens with zero attached hydrogens (tertiary/aromatic N) is 9. The van der Waals surface area contributed by atoms with Crippen molar-refractivity contribution >= 4 is 64.5 Å². The molecule has 0 saturated carbocycles. The van der Waals surface area contributed by atoms with Gasteiger partial charge in [-0.3, -0.25) is 41.7 Å². The van der Waals surface area contributed by atoms with E-state index in [1.54, 1.807) is 67.6 Å². The molecule has 0 bridgehead atoms. The molecular weight excluding hydrogens is 1250 g/mol. The fraction of sp³-hybridized carbons (Fsp3) is 0.274. The summed E-state index contributed by atoms with van der Waals surface area (Å²) in [4.78, 5) is 41.6. The maximum atomic E-state index is 14.2. The first-order valence-electron chi connectivity index (χ1n) is 28.1. The summed E-state index contributed by atoms with van der Waals surface area (Å²) >= 11 is 0. The number of benzene rings is 5. The number of aromatic nitrogens is 3. The zero-order valence-corrected chi connectivity index (χ0v) is 53.6. The Morgan fingerprint density at radius 2 is 0.717 bits per heavy atom. The minimum atomic E-state index is -4.78. The number of aromatic hydroxyl groups is 3. The van der Waals surface area contributed by atoms with Gasteiger partial charge in [0.05, 0.1) is 21.3 Å². The predicted octanol–water partition coefficient (Wildman–Crippen LogP) is 11.1. The molecule has 8 aromatic rings. The highest BCUT2D eigenvalue weighted by atomic mass is 32.2. The lowest BCUT2D eigenvalue weighted by Gasteiger charge is -2.26. The number of methoxy groups -OCH3 is 3. The number of hydrogen-bond donors (Lipinski definition) is 6. The Balaban J connectivity index is 1.39. The van der Waals surface area contributed by atoms with E-state index < -0.39 is 93.8 Å². The predicted molar refractivity (Wildman–Crippen MR) is 340 cm³/mol. The van der Waals surface area contributed by atoms with E-state index in [0.29, 0.717) is 27.8 Å². The van der Waals surface area contributed by atoms with Gasteiger partial charge in [-0.05, 0) is 122 Å². The average Bonchev–Trinajstić information content (AvgIpc) is 0.783. The third kappa shape index (κ3) is 14.5. The lowest BCUT2D eigenvalue weighted by atomic mass is 9.79. The van der Waals surface area contributed by atoms with Crippen molar-refractivity contribution in [2.75, 3.05) is 21.3 Å². The van der Waals surface area contributed by atoms with Crippen LogP contribution in [-0.4, -0.2) is 89.3 Å². The molecule has 0 fully saturated rings. The van der Waals surface area contributed by atoms with Crippen LogP contribution in [0.4, 0.5) is 34.1 Å². The average molecular weight is 1320 g/mol. The molecule has 6 N–H and O–H groups in total. The van der Waals surface area contributed by atoms with Crippen LogP contribution in [0.2, 0.25) is 0 Å². The largest absolute Gasteiger partial charge is 0.494 e. The normalized spacial score (nSPS) is 12.9. The summed E-state index contributed by atoms with van der Waals surface area (Å²) in [5.41, 5.74) is -0.851. The highest BCUT2D eigenvalue weighted by molar-refractivity contribution is 7.85. The lowest BCUT2D eigenvalue weighted by molar-refractivity contribution is 0.403. The summed E-state index contributed by atoms with van der Waals surface area (Å²) in [6.45, 7) is 8.36. The Kier molecular flexibility index (Phi) is 20.6. The molecule has 30 heteroatoms. The molecule has 3 heterocycles. The van der Waals surface area contributed by atoms with Gasteiger partial charge < -0.3 is 29.5 Å². The molecule has 0 spiro atoms. The van der Waals surface area contributed by atoms with Gasteiger partial charge in [0, 0.05) is 48.2 Å². The summed E-state index contributed by atoms with van der Waals surface area (Å²) in [5.74, 6) is -6.39. The van der Waals surface area contributed by atoms with Crippen LogP contribution in [0.1, 0.15) is 99.4 Å². The van der Waals surface area contributed by atoms with Gasteiger partial charge in [0.1, 0.15) is 51.6 Å². The second-order valence-electron chi connectivity index (χ2n) is 21.0. The Morgan fingerprint density at radius 1 is 0.402 bits per heavy atom. The first-order valence-corrected chi connectivity index (χ1v) is 33.0. The van der Waals surface area contributed by atoms with E-state index in [-0.39, 0.29) is 104 Å². The molecule has 0 amide bonds. The maximum Gasteiger partial charge on any atom is 0.281 e. The second kappa shape index (κ2) is 27.8. The van der Waals surface area contributed by atoms with E-state index >= 15 is 0 Å². The molecule has 0 saturated heterocycles. The van der Waals surface area contributed by atoms with E-state index in [4.69, 9.17) is 19.3 Å². The zero-order valence-electron chi connectivity index (χ0n) is 51.1. The van der Waals surface area contributed by atoms with E-state index in [2.05, 4.69) is 25.6 Å². The molecule has 0 aliphatic heterocycles. The highest BCUT2D eigenvalue weighted by Gasteiger charge is 2.31. The quantitative estimate of drug-likeness (QED) is 0.0186. The number of hydrogen-bond acceptors (Lipinski definition) is 21. The van der Waals surface area contributed by atoms with E-state index in [1.165, 1.54) is 55.9 Å². The standard InChI is InChI=1S/C62H65N9O18S3/c1-10-69-57(72)43(31-90(78,79)80)34(4)53(60(69)75)65-63-46-25-23-39(28-48(46)87-7)51(37-19-15-13-16-20-37)41-27-42(56(50(30-41)89-9)68-67-55-36(6)45(33-92(84,85)86)59(74)71(12-3)62(55)77)52(38-21-17-14-18-22-38)40-24-26-47(49(29-40)88-8)64-66-54-35(5)44(32-91(81,82)83)58(73)70(11-2)61(54)76/h13-30,51-52,72-74H,10-12,31-33H2,1-9H3,(H,78,79,80)(H,81,82,83)(H,84,85,86)/b65-63+,66-64+,68-67+. The molecule has 0 aliphatic carbocycles. The Hall–Kier alpha value is -9.72. The van der Waals surface area contributed by atoms with Crippen LogP contribution in [0, 0.1) is 20.8 Å². The van der Waals surface area contributed by atoms with Crippen LogP contribution in [-0.2, 0) is 67.2 Å². The van der Waals surface area contributed by atoms with Gasteiger partial charge >= 0.3 is 0 Å². The molecule has 5 aromatic carbocycles. The lowest BCUT2D eigenvalue weighted by Crippen LogP contribution is -2.22. The number of azo groups is 3. The summed E-state index contributed by atoms with van der Waals surface area (Å²) in [6.07, 6.45) is 0. The maximum absolute atomic E-state index is 14.2. The van der Waals surface area contributed by atoms with Gasteiger partial charge in [0.2, 0.25) is 0 Å². The van der Waals surface area contributed by atoms with E-state index in [0.717, 1.165) is 19.3 Å². The van der Waals surface area contributed by atoms with Crippen molar-refractivity contribution in [1.82, 2.24) is 13.7 Å². The molecule has 8 rings (SSSR count). The number of rotatable bonds is 24. The minimum absolute atomic E-state index is 0.0428. The Bertz CT molecular complexity index is 4820. The molecule has 484 valence electrons. The van der Waals surface area contributed by atoms with Gasteiger partial charge in [-0.15, -0.1) is 30.7 Å². The summed E-state index contributed by atoms with van der Waals surface area (Å²) in [5, 5.41) is 59.5. The van der Waals surface area contributed by atoms with Crippen molar-refractivity contribution in [3.63, 3.8) is 0 Å². The van der Waals surface area contributed by atoms with Gasteiger partial charge in [-0.1, -0.05) is 78.9 Å². The van der Waals surface area contributed by atoms with Gasteiger partial charge in [-0.25, -0.2) is 0 Å². The van der Waals surface area contributed by atoms with Crippen LogP contribution in [0.5, 0.6) is 34.9 Å². The number of pyridine rings is 3. The van der Waals surface area contributed by atoms with Gasteiger partial charge in [0.15, 0.2) is 34.7 Å². The third-order valence-electron chi connectivity index (χ3n) is 15.4. The molecule has 0 radical (unpaired) electrons. The molecule has 2 unspecified atom stereocenters. The van der Waals surface area contributed by atoms with Crippen molar-refractivity contribution in [2.24, 2.45) is 30.7 Å². The minimum Gasteiger partial charge on any atom is -0.494 e. The second-order valence-corrected chi connectivity index (χ2v) is 25.3. The van der Waals surface area contributed by atoms with Gasteiger partial charge in [-0.2, -0.15) is 25.3 Å². The van der Waals surface area contributed by atoms with Crippen molar-refractivity contribution in [3.05, 3.63) is 207 Å². The third-order valence-corrected chi connectivity index (χ3v) is 17.3. The Labute approximate surface area is 528 Å². The monoisotopic (exact) mass is 1320 g/mol. The van der Waals surface area contributed by atoms with Crippen molar-refractivity contribution in [3.8, 4) is 34.9 Å². The van der Waals surface area contributed by atoms with Crippen LogP contribution in [0.3, 0.4) is 0 Å². The Morgan fingerprint density at radius 3 is 1.05 bits per heavy atom. The first kappa shape index (κ1) is 68.2. The SMILES string of the molecule is CCn1c(O)c(CS(=O)(=O)O)c(C)c(/N=N/c2ccc(C(c3ccccc3)c3cc(OC)c(/N=N/c4c(C)c(CS(=O)(=O)O)c(O)n(CC)c4=O)c(C(c4ccccc4)c4ccc(/N=N/c5c(C)c(CS(=O)(=O)O)c(O)n(CC)c5=O)c(OC)c4)c3)cc2OC)c1=O. The van der Waals surface area contributed by atoms with Crippen LogP contribution < -0.4 is 30.9 Å². The highest BCUT2D eigenvalue weighted by Crippen LogP contribution is 2.49. The summed E-state index contributed by atoms with van der Waals surface area (Å²) < 4.78 is 123. The topological polar surface area (TPSA) is 392 Å².